The molecule has 1 saturated carbocycles. The number of hydrogen-bond donors (Lipinski definition) is 0. The van der Waals surface area contributed by atoms with Crippen molar-refractivity contribution in [1.29, 1.82) is 0 Å². The van der Waals surface area contributed by atoms with E-state index in [0.717, 1.165) is 30.4 Å². The summed E-state index contributed by atoms with van der Waals surface area (Å²) in [5.41, 5.74) is 5.92. The number of ether oxygens (including phenoxy) is 3. The molecule has 2 aliphatic rings. The van der Waals surface area contributed by atoms with Crippen LogP contribution in [0.25, 0.3) is 11.1 Å². The number of nitrogens with zero attached hydrogens (tertiary/aromatic N) is 1. The summed E-state index contributed by atoms with van der Waals surface area (Å²) in [5.74, 6) is 0.392. The number of aromatic nitrogens is 1. The minimum atomic E-state index is -0.389. The van der Waals surface area contributed by atoms with E-state index in [1.54, 1.807) is 6.07 Å². The molecule has 182 valence electrons. The average molecular weight is 476 g/mol. The third-order valence-corrected chi connectivity index (χ3v) is 7.33. The molecule has 6 heteroatoms. The van der Waals surface area contributed by atoms with Crippen molar-refractivity contribution in [2.24, 2.45) is 11.8 Å². The number of carbonyl (C=O) groups excluding carboxylic acids is 1. The van der Waals surface area contributed by atoms with Gasteiger partial charge >= 0.3 is 5.97 Å². The van der Waals surface area contributed by atoms with Gasteiger partial charge in [0.25, 0.3) is 0 Å². The number of rotatable bonds is 7. The summed E-state index contributed by atoms with van der Waals surface area (Å²) in [6, 6.07) is 16.0. The molecule has 1 aliphatic heterocycles. The molecular formula is C29H30FNO4. The van der Waals surface area contributed by atoms with Crippen molar-refractivity contribution >= 4 is 5.97 Å². The van der Waals surface area contributed by atoms with Crippen LogP contribution in [0, 0.1) is 17.7 Å². The fraction of sp³-hybridized carbons (Fsp3) is 0.379. The maximum Gasteiger partial charge on any atom is 0.309 e. The van der Waals surface area contributed by atoms with E-state index in [-0.39, 0.29) is 29.7 Å². The van der Waals surface area contributed by atoms with Gasteiger partial charge in [0.05, 0.1) is 39.0 Å². The third-order valence-electron chi connectivity index (χ3n) is 7.33. The van der Waals surface area contributed by atoms with Gasteiger partial charge in [-0.05, 0) is 52.5 Å². The van der Waals surface area contributed by atoms with Crippen LogP contribution in [0.1, 0.15) is 54.0 Å². The molecule has 1 aromatic heterocycles. The predicted molar refractivity (Wildman–Crippen MR) is 131 cm³/mol. The van der Waals surface area contributed by atoms with Crippen LogP contribution in [0.15, 0.2) is 54.7 Å². The molecule has 2 heterocycles. The van der Waals surface area contributed by atoms with E-state index in [2.05, 4.69) is 23.2 Å². The topological polar surface area (TPSA) is 57.7 Å². The summed E-state index contributed by atoms with van der Waals surface area (Å²) >= 11 is 0. The first-order chi connectivity index (χ1) is 17.0. The molecule has 0 spiro atoms. The predicted octanol–water partition coefficient (Wildman–Crippen LogP) is 6.01. The molecule has 0 N–H and O–H groups in total. The lowest BCUT2D eigenvalue weighted by molar-refractivity contribution is -0.145. The molecule has 5 nitrogen and oxygen atoms in total. The lowest BCUT2D eigenvalue weighted by Gasteiger charge is -2.28. The minimum absolute atomic E-state index is 0.0824. The first-order valence-corrected chi connectivity index (χ1v) is 12.1. The van der Waals surface area contributed by atoms with Crippen LogP contribution in [0.2, 0.25) is 0 Å². The van der Waals surface area contributed by atoms with E-state index in [4.69, 9.17) is 14.2 Å². The maximum absolute atomic E-state index is 14.3. The number of benzene rings is 2. The number of hydrogen-bond acceptors (Lipinski definition) is 5. The van der Waals surface area contributed by atoms with E-state index in [1.165, 1.54) is 37.1 Å². The van der Waals surface area contributed by atoms with Crippen LogP contribution in [-0.4, -0.2) is 25.2 Å². The van der Waals surface area contributed by atoms with Gasteiger partial charge in [-0.1, -0.05) is 49.4 Å². The van der Waals surface area contributed by atoms with Crippen molar-refractivity contribution in [3.8, 4) is 17.0 Å². The number of esters is 1. The second kappa shape index (κ2) is 9.78. The molecule has 0 bridgehead atoms. The van der Waals surface area contributed by atoms with Gasteiger partial charge in [0.15, 0.2) is 0 Å². The molecule has 5 rings (SSSR count). The summed E-state index contributed by atoms with van der Waals surface area (Å²) < 4.78 is 30.7. The first-order valence-electron chi connectivity index (χ1n) is 12.1. The van der Waals surface area contributed by atoms with Crippen LogP contribution in [0.4, 0.5) is 4.39 Å². The van der Waals surface area contributed by atoms with Gasteiger partial charge < -0.3 is 14.2 Å². The van der Waals surface area contributed by atoms with Crippen molar-refractivity contribution in [3.63, 3.8) is 0 Å². The van der Waals surface area contributed by atoms with Gasteiger partial charge in [0.1, 0.15) is 5.82 Å². The first kappa shape index (κ1) is 23.5. The average Bonchev–Trinajstić information content (AvgIpc) is 3.73. The Balaban J connectivity index is 1.37. The molecule has 3 atom stereocenters. The summed E-state index contributed by atoms with van der Waals surface area (Å²) in [5, 5.41) is 0. The molecule has 0 unspecified atom stereocenters. The van der Waals surface area contributed by atoms with Crippen molar-refractivity contribution in [2.75, 3.05) is 14.2 Å². The molecule has 1 fully saturated rings. The van der Waals surface area contributed by atoms with Crippen LogP contribution in [-0.2, 0) is 27.3 Å². The standard InChI is InChI=1S/C29H30FNO4/c1-17(29(32)34-3)28(20-8-9-20)21-10-11-22-16-35-26(13-23(22)12-21)19-6-4-18(5-7-19)24-14-27(33-2)31-15-25(24)30/h4-7,10-12,14-15,17,20,26,28H,8-9,13,16H2,1-3H3/t17-,26-,28-/m0/s1. The summed E-state index contributed by atoms with van der Waals surface area (Å²) in [6.07, 6.45) is 4.16. The van der Waals surface area contributed by atoms with E-state index >= 15 is 0 Å². The van der Waals surface area contributed by atoms with Crippen molar-refractivity contribution in [2.45, 2.75) is 44.8 Å². The van der Waals surface area contributed by atoms with E-state index < -0.39 is 0 Å². The lowest BCUT2D eigenvalue weighted by atomic mass is 9.81. The molecule has 0 saturated heterocycles. The van der Waals surface area contributed by atoms with Crippen molar-refractivity contribution in [3.05, 3.63) is 82.8 Å². The molecule has 3 aromatic rings. The van der Waals surface area contributed by atoms with Gasteiger partial charge in [-0.3, -0.25) is 4.79 Å². The normalized spacial score (nSPS) is 18.9. The van der Waals surface area contributed by atoms with Gasteiger partial charge in [0, 0.05) is 18.1 Å². The molecule has 35 heavy (non-hydrogen) atoms. The zero-order valence-corrected chi connectivity index (χ0v) is 20.3. The second-order valence-electron chi connectivity index (χ2n) is 9.54. The molecule has 1 aliphatic carbocycles. The van der Waals surface area contributed by atoms with Gasteiger partial charge in [-0.2, -0.15) is 0 Å². The Hall–Kier alpha value is -3.25. The van der Waals surface area contributed by atoms with Crippen LogP contribution in [0.3, 0.4) is 0 Å². The van der Waals surface area contributed by atoms with E-state index in [1.807, 2.05) is 31.2 Å². The minimum Gasteiger partial charge on any atom is -0.481 e. The molecule has 2 aromatic carbocycles. The number of pyridine rings is 1. The van der Waals surface area contributed by atoms with Crippen molar-refractivity contribution < 1.29 is 23.4 Å². The molecule has 0 amide bonds. The number of fused-ring (bicyclic) bond motifs is 1. The lowest BCUT2D eigenvalue weighted by Crippen LogP contribution is -2.23. The van der Waals surface area contributed by atoms with Crippen LogP contribution < -0.4 is 4.74 Å². The quantitative estimate of drug-likeness (QED) is 0.392. The van der Waals surface area contributed by atoms with Gasteiger partial charge in [0.2, 0.25) is 5.88 Å². The number of halogens is 1. The molecule has 0 radical (unpaired) electrons. The Morgan fingerprint density at radius 3 is 2.54 bits per heavy atom. The Kier molecular flexibility index (Phi) is 6.56. The Bertz CT molecular complexity index is 1220. The highest BCUT2D eigenvalue weighted by Crippen LogP contribution is 2.47. The zero-order valence-electron chi connectivity index (χ0n) is 20.3. The fourth-order valence-electron chi connectivity index (χ4n) is 5.23. The molecular weight excluding hydrogens is 445 g/mol. The number of methoxy groups -OCH3 is 2. The smallest absolute Gasteiger partial charge is 0.309 e. The van der Waals surface area contributed by atoms with Gasteiger partial charge in [-0.25, -0.2) is 9.37 Å². The third kappa shape index (κ3) is 4.80. The second-order valence-corrected chi connectivity index (χ2v) is 9.54. The van der Waals surface area contributed by atoms with E-state index in [9.17, 15) is 9.18 Å². The monoisotopic (exact) mass is 475 g/mol. The Labute approximate surface area is 205 Å². The summed E-state index contributed by atoms with van der Waals surface area (Å²) in [6.45, 7) is 2.52. The maximum atomic E-state index is 14.3. The SMILES string of the molecule is COC(=O)[C@@H](C)[C@H](c1ccc2c(c1)C[C@@H](c1ccc(-c3cc(OC)ncc3F)cc1)OC2)C1CC1. The van der Waals surface area contributed by atoms with Gasteiger partial charge in [-0.15, -0.1) is 0 Å². The highest BCUT2D eigenvalue weighted by atomic mass is 19.1. The van der Waals surface area contributed by atoms with Crippen molar-refractivity contribution in [1.82, 2.24) is 4.98 Å². The zero-order chi connectivity index (χ0) is 24.5. The fourth-order valence-corrected chi connectivity index (χ4v) is 5.23. The summed E-state index contributed by atoms with van der Waals surface area (Å²) in [7, 11) is 2.97. The highest BCUT2D eigenvalue weighted by molar-refractivity contribution is 5.73. The summed E-state index contributed by atoms with van der Waals surface area (Å²) in [4.78, 5) is 16.2. The Morgan fingerprint density at radius 2 is 1.86 bits per heavy atom. The van der Waals surface area contributed by atoms with Crippen LogP contribution >= 0.6 is 0 Å². The van der Waals surface area contributed by atoms with Crippen LogP contribution in [0.5, 0.6) is 5.88 Å². The highest BCUT2D eigenvalue weighted by Gasteiger charge is 2.39. The largest absolute Gasteiger partial charge is 0.481 e. The number of carbonyl (C=O) groups is 1. The van der Waals surface area contributed by atoms with E-state index in [0.29, 0.717) is 24.0 Å². The Morgan fingerprint density at radius 1 is 1.09 bits per heavy atom.